The molecule has 0 radical (unpaired) electrons. The third kappa shape index (κ3) is 5.65. The van der Waals surface area contributed by atoms with E-state index in [9.17, 15) is 9.59 Å². The Morgan fingerprint density at radius 3 is 2.48 bits per heavy atom. The minimum absolute atomic E-state index is 0.0804. The Morgan fingerprint density at radius 2 is 1.84 bits per heavy atom. The third-order valence-corrected chi connectivity index (χ3v) is 6.29. The van der Waals surface area contributed by atoms with E-state index in [0.717, 1.165) is 16.2 Å². The van der Waals surface area contributed by atoms with E-state index in [-0.39, 0.29) is 11.9 Å². The van der Waals surface area contributed by atoms with E-state index >= 15 is 0 Å². The van der Waals surface area contributed by atoms with Crippen LogP contribution in [0.1, 0.15) is 25.5 Å². The number of nitrogens with zero attached hydrogens (tertiary/aromatic N) is 1. The average Bonchev–Trinajstić information content (AvgIpc) is 2.77. The molecule has 1 amide bonds. The number of carbonyl (C=O) groups excluding carboxylic acids is 2. The van der Waals surface area contributed by atoms with Crippen molar-refractivity contribution in [3.05, 3.63) is 71.4 Å². The molecule has 6 nitrogen and oxygen atoms in total. The summed E-state index contributed by atoms with van der Waals surface area (Å²) >= 11 is 6.89. The van der Waals surface area contributed by atoms with Gasteiger partial charge in [0.05, 0.1) is 24.0 Å². The molecule has 2 aromatic rings. The quantitative estimate of drug-likeness (QED) is 0.370. The van der Waals surface area contributed by atoms with Gasteiger partial charge in [0.25, 0.3) is 0 Å². The lowest BCUT2D eigenvalue weighted by Gasteiger charge is -2.35. The number of amides is 1. The second-order valence-corrected chi connectivity index (χ2v) is 8.37. The maximum Gasteiger partial charge on any atom is 0.338 e. The number of thiocarbonyl (C=S) groups is 1. The number of anilines is 1. The number of rotatable bonds is 7. The smallest absolute Gasteiger partial charge is 0.338 e. The Kier molecular flexibility index (Phi) is 7.70. The van der Waals surface area contributed by atoms with Crippen molar-refractivity contribution >= 4 is 46.7 Å². The molecule has 1 unspecified atom stereocenters. The number of benzene rings is 2. The highest BCUT2D eigenvalue weighted by atomic mass is 32.2. The van der Waals surface area contributed by atoms with Crippen LogP contribution in [0.25, 0.3) is 0 Å². The Labute approximate surface area is 192 Å². The van der Waals surface area contributed by atoms with Gasteiger partial charge in [-0.25, -0.2) is 4.79 Å². The second kappa shape index (κ2) is 10.5. The molecule has 8 heteroatoms. The topological polar surface area (TPSA) is 70.7 Å². The summed E-state index contributed by atoms with van der Waals surface area (Å²) in [6.07, 6.45) is 0. The molecule has 1 atom stereocenters. The molecule has 0 fully saturated rings. The summed E-state index contributed by atoms with van der Waals surface area (Å²) in [5.74, 6) is -0.129. The van der Waals surface area contributed by atoms with E-state index in [0.29, 0.717) is 28.7 Å². The molecular formula is C23H25N3O3S2. The first kappa shape index (κ1) is 22.8. The SMILES string of the molecule is CCOC(=O)C1=C(C)N(C)C(=S)NC1c1ccc(NC(=O)CSc2ccccc2)cc1. The number of hydrogen-bond acceptors (Lipinski definition) is 5. The van der Waals surface area contributed by atoms with E-state index in [1.54, 1.807) is 11.8 Å². The monoisotopic (exact) mass is 455 g/mol. The lowest BCUT2D eigenvalue weighted by molar-refractivity contribution is -0.139. The van der Waals surface area contributed by atoms with Crippen LogP contribution >= 0.6 is 24.0 Å². The van der Waals surface area contributed by atoms with Crippen LogP contribution in [0.15, 0.2) is 70.8 Å². The lowest BCUT2D eigenvalue weighted by Crippen LogP contribution is -2.46. The van der Waals surface area contributed by atoms with E-state index in [1.165, 1.54) is 11.8 Å². The van der Waals surface area contributed by atoms with Gasteiger partial charge in [-0.3, -0.25) is 4.79 Å². The highest BCUT2D eigenvalue weighted by Crippen LogP contribution is 2.31. The van der Waals surface area contributed by atoms with Crippen LogP contribution in [0.3, 0.4) is 0 Å². The largest absolute Gasteiger partial charge is 0.463 e. The summed E-state index contributed by atoms with van der Waals surface area (Å²) in [5, 5.41) is 6.65. The number of nitrogens with one attached hydrogen (secondary N) is 2. The lowest BCUT2D eigenvalue weighted by atomic mass is 9.95. The summed E-state index contributed by atoms with van der Waals surface area (Å²) in [4.78, 5) is 27.7. The summed E-state index contributed by atoms with van der Waals surface area (Å²) in [6.45, 7) is 3.93. The zero-order valence-electron chi connectivity index (χ0n) is 17.7. The van der Waals surface area contributed by atoms with Crippen molar-refractivity contribution in [1.29, 1.82) is 0 Å². The van der Waals surface area contributed by atoms with Crippen molar-refractivity contribution in [3.8, 4) is 0 Å². The predicted octanol–water partition coefficient (Wildman–Crippen LogP) is 4.12. The maximum absolute atomic E-state index is 12.6. The van der Waals surface area contributed by atoms with Crippen molar-refractivity contribution in [1.82, 2.24) is 10.2 Å². The Balaban J connectivity index is 1.71. The number of ether oxygens (including phenoxy) is 1. The molecule has 0 saturated heterocycles. The Bertz CT molecular complexity index is 991. The van der Waals surface area contributed by atoms with Gasteiger partial charge in [0.1, 0.15) is 0 Å². The normalized spacial score (nSPS) is 16.0. The molecule has 3 rings (SSSR count). The Hall–Kier alpha value is -2.84. The zero-order valence-corrected chi connectivity index (χ0v) is 19.3. The van der Waals surface area contributed by atoms with Gasteiger partial charge in [0.2, 0.25) is 5.91 Å². The highest BCUT2D eigenvalue weighted by Gasteiger charge is 2.33. The van der Waals surface area contributed by atoms with Crippen molar-refractivity contribution < 1.29 is 14.3 Å². The van der Waals surface area contributed by atoms with Crippen LogP contribution in [-0.2, 0) is 14.3 Å². The van der Waals surface area contributed by atoms with Gasteiger partial charge in [-0.2, -0.15) is 0 Å². The van der Waals surface area contributed by atoms with E-state index in [2.05, 4.69) is 10.6 Å². The molecule has 2 aromatic carbocycles. The summed E-state index contributed by atoms with van der Waals surface area (Å²) in [6, 6.07) is 16.8. The van der Waals surface area contributed by atoms with Crippen LogP contribution in [0, 0.1) is 0 Å². The first-order valence-corrected chi connectivity index (χ1v) is 11.3. The molecule has 162 valence electrons. The molecule has 1 aliphatic heterocycles. The van der Waals surface area contributed by atoms with Gasteiger partial charge in [-0.1, -0.05) is 30.3 Å². The summed E-state index contributed by atoms with van der Waals surface area (Å²) in [5.41, 5.74) is 2.82. The summed E-state index contributed by atoms with van der Waals surface area (Å²) < 4.78 is 5.26. The fraction of sp³-hybridized carbons (Fsp3) is 0.261. The average molecular weight is 456 g/mol. The molecule has 0 saturated carbocycles. The summed E-state index contributed by atoms with van der Waals surface area (Å²) in [7, 11) is 1.81. The van der Waals surface area contributed by atoms with Crippen molar-refractivity contribution in [3.63, 3.8) is 0 Å². The molecule has 31 heavy (non-hydrogen) atoms. The third-order valence-electron chi connectivity index (χ3n) is 4.89. The first-order valence-electron chi connectivity index (χ1n) is 9.90. The molecular weight excluding hydrogens is 430 g/mol. The molecule has 0 spiro atoms. The van der Waals surface area contributed by atoms with Crippen molar-refractivity contribution in [2.45, 2.75) is 24.8 Å². The van der Waals surface area contributed by atoms with Gasteiger partial charge >= 0.3 is 5.97 Å². The molecule has 0 bridgehead atoms. The minimum atomic E-state index is -0.416. The van der Waals surface area contributed by atoms with Gasteiger partial charge in [-0.15, -0.1) is 11.8 Å². The van der Waals surface area contributed by atoms with Crippen LogP contribution < -0.4 is 10.6 Å². The first-order chi connectivity index (χ1) is 14.9. The van der Waals surface area contributed by atoms with Crippen LogP contribution in [0.4, 0.5) is 5.69 Å². The Morgan fingerprint density at radius 1 is 1.16 bits per heavy atom. The van der Waals surface area contributed by atoms with E-state index in [4.69, 9.17) is 17.0 Å². The molecule has 1 heterocycles. The van der Waals surface area contributed by atoms with E-state index in [1.807, 2.05) is 68.6 Å². The maximum atomic E-state index is 12.6. The van der Waals surface area contributed by atoms with Crippen LogP contribution in [0.2, 0.25) is 0 Å². The fourth-order valence-corrected chi connectivity index (χ4v) is 4.15. The zero-order chi connectivity index (χ0) is 22.4. The molecule has 1 aliphatic rings. The van der Waals surface area contributed by atoms with Crippen LogP contribution in [-0.4, -0.2) is 41.3 Å². The molecule has 2 N–H and O–H groups in total. The highest BCUT2D eigenvalue weighted by molar-refractivity contribution is 8.00. The van der Waals surface area contributed by atoms with Crippen molar-refractivity contribution in [2.24, 2.45) is 0 Å². The predicted molar refractivity (Wildman–Crippen MR) is 128 cm³/mol. The standard InChI is InChI=1S/C23H25N3O3S2/c1-4-29-22(28)20-15(2)26(3)23(30)25-21(20)16-10-12-17(13-11-16)24-19(27)14-31-18-8-6-5-7-9-18/h5-13,21H,4,14H2,1-3H3,(H,24,27)(H,25,30). The number of allylic oxidation sites excluding steroid dienone is 1. The molecule has 0 aromatic heterocycles. The second-order valence-electron chi connectivity index (χ2n) is 6.93. The fourth-order valence-electron chi connectivity index (χ4n) is 3.18. The minimum Gasteiger partial charge on any atom is -0.463 e. The van der Waals surface area contributed by atoms with Crippen molar-refractivity contribution in [2.75, 3.05) is 24.7 Å². The number of esters is 1. The number of carbonyl (C=O) groups is 2. The van der Waals surface area contributed by atoms with Gasteiger partial charge < -0.3 is 20.3 Å². The number of hydrogen-bond donors (Lipinski definition) is 2. The van der Waals surface area contributed by atoms with E-state index < -0.39 is 6.04 Å². The van der Waals surface area contributed by atoms with Gasteiger partial charge in [0.15, 0.2) is 5.11 Å². The van der Waals surface area contributed by atoms with Crippen LogP contribution in [0.5, 0.6) is 0 Å². The van der Waals surface area contributed by atoms with Gasteiger partial charge in [0, 0.05) is 23.3 Å². The van der Waals surface area contributed by atoms with Gasteiger partial charge in [-0.05, 0) is 55.9 Å². The molecule has 0 aliphatic carbocycles. The number of thioether (sulfide) groups is 1.